The highest BCUT2D eigenvalue weighted by Crippen LogP contribution is 2.05. The van der Waals surface area contributed by atoms with Gasteiger partial charge in [0.15, 0.2) is 0 Å². The number of nitrogens with zero attached hydrogens (tertiary/aromatic N) is 1. The molecule has 0 heterocycles. The van der Waals surface area contributed by atoms with Gasteiger partial charge in [0.05, 0.1) is 6.54 Å². The van der Waals surface area contributed by atoms with Gasteiger partial charge in [-0.3, -0.25) is 4.99 Å². The van der Waals surface area contributed by atoms with Gasteiger partial charge in [-0.15, -0.1) is 0 Å². The molecule has 17 heavy (non-hydrogen) atoms. The number of hydrogen-bond acceptors (Lipinski definition) is 1. The number of hydrogen-bond donors (Lipinski definition) is 0. The fourth-order valence-corrected chi connectivity index (χ4v) is 1.48. The molecule has 86 valence electrons. The average Bonchev–Trinajstić information content (AvgIpc) is 2.29. The molecule has 0 N–H and O–H groups in total. The third-order valence-electron chi connectivity index (χ3n) is 2.25. The van der Waals surface area contributed by atoms with Gasteiger partial charge in [-0.05, 0) is 35.4 Å². The second-order valence-electron chi connectivity index (χ2n) is 3.65. The molecule has 0 aliphatic heterocycles. The van der Waals surface area contributed by atoms with E-state index in [1.807, 2.05) is 0 Å². The van der Waals surface area contributed by atoms with Crippen LogP contribution in [0.2, 0.25) is 0 Å². The molecule has 0 unspecified atom stereocenters. The molecular formula is C14H11F2N. The third-order valence-corrected chi connectivity index (χ3v) is 2.25. The molecule has 3 heteroatoms. The highest BCUT2D eigenvalue weighted by atomic mass is 19.1. The van der Waals surface area contributed by atoms with Gasteiger partial charge in [0, 0.05) is 6.21 Å². The first-order chi connectivity index (χ1) is 8.24. The Morgan fingerprint density at radius 3 is 2.35 bits per heavy atom. The lowest BCUT2D eigenvalue weighted by molar-refractivity contribution is 0.625. The summed E-state index contributed by atoms with van der Waals surface area (Å²) in [6.07, 6.45) is 1.58. The van der Waals surface area contributed by atoms with E-state index < -0.39 is 0 Å². The van der Waals surface area contributed by atoms with Gasteiger partial charge in [-0.25, -0.2) is 8.78 Å². The summed E-state index contributed by atoms with van der Waals surface area (Å²) in [7, 11) is 0. The molecule has 0 aliphatic rings. The molecule has 0 spiro atoms. The topological polar surface area (TPSA) is 12.4 Å². The summed E-state index contributed by atoms with van der Waals surface area (Å²) in [5.41, 5.74) is 1.49. The quantitative estimate of drug-likeness (QED) is 0.716. The van der Waals surface area contributed by atoms with Crippen molar-refractivity contribution in [1.29, 1.82) is 0 Å². The van der Waals surface area contributed by atoms with Crippen LogP contribution in [0, 0.1) is 11.6 Å². The number of rotatable bonds is 3. The van der Waals surface area contributed by atoms with Gasteiger partial charge >= 0.3 is 0 Å². The Kier molecular flexibility index (Phi) is 3.60. The van der Waals surface area contributed by atoms with Gasteiger partial charge in [-0.1, -0.05) is 24.3 Å². The van der Waals surface area contributed by atoms with E-state index in [0.717, 1.165) is 5.56 Å². The molecule has 0 saturated carbocycles. The van der Waals surface area contributed by atoms with Crippen LogP contribution in [0.15, 0.2) is 53.5 Å². The molecule has 0 fully saturated rings. The Hall–Kier alpha value is -2.03. The third kappa shape index (κ3) is 3.48. The van der Waals surface area contributed by atoms with E-state index >= 15 is 0 Å². The Morgan fingerprint density at radius 2 is 1.65 bits per heavy atom. The largest absolute Gasteiger partial charge is 0.288 e. The van der Waals surface area contributed by atoms with Crippen molar-refractivity contribution in [3.05, 3.63) is 71.3 Å². The summed E-state index contributed by atoms with van der Waals surface area (Å²) in [5, 5.41) is 0. The van der Waals surface area contributed by atoms with Crippen LogP contribution in [0.4, 0.5) is 8.78 Å². The van der Waals surface area contributed by atoms with Crippen molar-refractivity contribution >= 4 is 6.21 Å². The van der Waals surface area contributed by atoms with Crippen LogP contribution in [-0.2, 0) is 6.54 Å². The van der Waals surface area contributed by atoms with Crippen molar-refractivity contribution in [3.63, 3.8) is 0 Å². The van der Waals surface area contributed by atoms with E-state index in [-0.39, 0.29) is 11.6 Å². The highest BCUT2D eigenvalue weighted by molar-refractivity contribution is 5.79. The van der Waals surface area contributed by atoms with Gasteiger partial charge in [0.1, 0.15) is 11.6 Å². The van der Waals surface area contributed by atoms with Crippen molar-refractivity contribution in [3.8, 4) is 0 Å². The standard InChI is InChI=1S/C14H11F2N/c15-13-5-1-3-11(7-13)9-17-10-12-4-2-6-14(16)8-12/h1-9H,10H2. The van der Waals surface area contributed by atoms with Gasteiger partial charge in [-0.2, -0.15) is 0 Å². The molecular weight excluding hydrogens is 220 g/mol. The molecule has 0 amide bonds. The Morgan fingerprint density at radius 1 is 0.941 bits per heavy atom. The van der Waals surface area contributed by atoms with Crippen LogP contribution in [0.1, 0.15) is 11.1 Å². The van der Waals surface area contributed by atoms with Gasteiger partial charge in [0.25, 0.3) is 0 Å². The number of aliphatic imine (C=N–C) groups is 1. The summed E-state index contributed by atoms with van der Waals surface area (Å²) in [6.45, 7) is 0.383. The monoisotopic (exact) mass is 231 g/mol. The highest BCUT2D eigenvalue weighted by Gasteiger charge is 1.94. The normalized spacial score (nSPS) is 10.9. The summed E-state index contributed by atoms with van der Waals surface area (Å²) in [4.78, 5) is 4.14. The minimum Gasteiger partial charge on any atom is -0.288 e. The lowest BCUT2D eigenvalue weighted by Crippen LogP contribution is -1.86. The Labute approximate surface area is 98.4 Å². The average molecular weight is 231 g/mol. The van der Waals surface area contributed by atoms with Crippen molar-refractivity contribution in [1.82, 2.24) is 0 Å². The second-order valence-corrected chi connectivity index (χ2v) is 3.65. The number of halogens is 2. The molecule has 0 atom stereocenters. The zero-order valence-corrected chi connectivity index (χ0v) is 9.11. The Bertz CT molecular complexity index is 535. The summed E-state index contributed by atoms with van der Waals surface area (Å²) in [6, 6.07) is 12.4. The first-order valence-corrected chi connectivity index (χ1v) is 5.24. The maximum absolute atomic E-state index is 12.9. The summed E-state index contributed by atoms with van der Waals surface area (Å²) >= 11 is 0. The molecule has 0 saturated heterocycles. The zero-order valence-electron chi connectivity index (χ0n) is 9.11. The molecule has 2 aromatic rings. The summed E-state index contributed by atoms with van der Waals surface area (Å²) < 4.78 is 25.7. The van der Waals surface area contributed by atoms with E-state index in [0.29, 0.717) is 12.1 Å². The maximum Gasteiger partial charge on any atom is 0.123 e. The Balaban J connectivity index is 2.03. The van der Waals surface area contributed by atoms with Crippen molar-refractivity contribution in [2.75, 3.05) is 0 Å². The molecule has 0 radical (unpaired) electrons. The summed E-state index contributed by atoms with van der Waals surface area (Å²) in [5.74, 6) is -0.567. The van der Waals surface area contributed by atoms with E-state index in [4.69, 9.17) is 0 Å². The van der Waals surface area contributed by atoms with Crippen LogP contribution in [-0.4, -0.2) is 6.21 Å². The van der Waals surface area contributed by atoms with E-state index in [2.05, 4.69) is 4.99 Å². The van der Waals surface area contributed by atoms with Gasteiger partial charge in [0.2, 0.25) is 0 Å². The molecule has 0 aliphatic carbocycles. The van der Waals surface area contributed by atoms with E-state index in [1.165, 1.54) is 24.3 Å². The first-order valence-electron chi connectivity index (χ1n) is 5.24. The lowest BCUT2D eigenvalue weighted by atomic mass is 10.2. The van der Waals surface area contributed by atoms with Crippen LogP contribution < -0.4 is 0 Å². The SMILES string of the molecule is Fc1cccc(C=NCc2cccc(F)c2)c1. The first kappa shape index (κ1) is 11.5. The van der Waals surface area contributed by atoms with Crippen LogP contribution in [0.3, 0.4) is 0 Å². The minimum absolute atomic E-state index is 0.275. The molecule has 0 aromatic heterocycles. The predicted molar refractivity (Wildman–Crippen MR) is 64.1 cm³/mol. The van der Waals surface area contributed by atoms with E-state index in [9.17, 15) is 8.78 Å². The van der Waals surface area contributed by atoms with Crippen LogP contribution in [0.25, 0.3) is 0 Å². The van der Waals surface area contributed by atoms with Crippen molar-refractivity contribution < 1.29 is 8.78 Å². The minimum atomic E-state index is -0.292. The molecule has 1 nitrogen and oxygen atoms in total. The zero-order chi connectivity index (χ0) is 12.1. The molecule has 0 bridgehead atoms. The molecule has 2 aromatic carbocycles. The second kappa shape index (κ2) is 5.34. The fraction of sp³-hybridized carbons (Fsp3) is 0.0714. The maximum atomic E-state index is 12.9. The molecule has 2 rings (SSSR count). The van der Waals surface area contributed by atoms with Crippen molar-refractivity contribution in [2.24, 2.45) is 4.99 Å². The van der Waals surface area contributed by atoms with E-state index in [1.54, 1.807) is 30.5 Å². The number of benzene rings is 2. The van der Waals surface area contributed by atoms with Crippen LogP contribution >= 0.6 is 0 Å². The van der Waals surface area contributed by atoms with Gasteiger partial charge < -0.3 is 0 Å². The fourth-order valence-electron chi connectivity index (χ4n) is 1.48. The predicted octanol–water partition coefficient (Wildman–Crippen LogP) is 3.58. The lowest BCUT2D eigenvalue weighted by Gasteiger charge is -1.96. The van der Waals surface area contributed by atoms with Crippen molar-refractivity contribution in [2.45, 2.75) is 6.54 Å². The smallest absolute Gasteiger partial charge is 0.123 e. The van der Waals surface area contributed by atoms with Crippen LogP contribution in [0.5, 0.6) is 0 Å².